The number of amides is 2. The zero-order valence-electron chi connectivity index (χ0n) is 23.9. The maximum atomic E-state index is 13.4. The molecule has 1 saturated heterocycles. The number of likely N-dealkylation sites (tertiary alicyclic amines) is 1. The minimum absolute atomic E-state index is 0.0777. The van der Waals surface area contributed by atoms with Gasteiger partial charge in [-0.05, 0) is 58.7 Å². The second-order valence-corrected chi connectivity index (χ2v) is 11.0. The number of methoxy groups -OCH3 is 1. The molecule has 9 heteroatoms. The molecular formula is C33H34N6O3. The molecule has 2 aromatic heterocycles. The number of rotatable bonds is 7. The number of H-pyrrole nitrogens is 2. The quantitative estimate of drug-likeness (QED) is 0.214. The number of nitrogens with one attached hydrogen (secondary N) is 3. The number of hydrogen-bond donors (Lipinski definition) is 3. The molecule has 2 atom stereocenters. The summed E-state index contributed by atoms with van der Waals surface area (Å²) in [7, 11) is 1.30. The van der Waals surface area contributed by atoms with E-state index in [1.54, 1.807) is 6.33 Å². The summed E-state index contributed by atoms with van der Waals surface area (Å²) in [6.07, 6.45) is 4.62. The molecule has 42 heavy (non-hydrogen) atoms. The van der Waals surface area contributed by atoms with Gasteiger partial charge in [-0.1, -0.05) is 68.4 Å². The molecular weight excluding hydrogens is 528 g/mol. The molecule has 9 nitrogen and oxygen atoms in total. The van der Waals surface area contributed by atoms with E-state index in [1.165, 1.54) is 7.11 Å². The van der Waals surface area contributed by atoms with Crippen LogP contribution >= 0.6 is 0 Å². The molecule has 0 radical (unpaired) electrons. The average molecular weight is 563 g/mol. The number of nitrogens with zero attached hydrogens (tertiary/aromatic N) is 3. The number of imidazole rings is 2. The zero-order valence-corrected chi connectivity index (χ0v) is 23.9. The van der Waals surface area contributed by atoms with Crippen LogP contribution in [0.15, 0.2) is 79.3 Å². The van der Waals surface area contributed by atoms with E-state index in [9.17, 15) is 9.59 Å². The Morgan fingerprint density at radius 3 is 2.24 bits per heavy atom. The Balaban J connectivity index is 1.16. The Morgan fingerprint density at radius 1 is 0.929 bits per heavy atom. The van der Waals surface area contributed by atoms with Crippen LogP contribution < -0.4 is 5.32 Å². The maximum Gasteiger partial charge on any atom is 0.407 e. The van der Waals surface area contributed by atoms with E-state index in [1.807, 2.05) is 31.0 Å². The van der Waals surface area contributed by atoms with E-state index in [0.717, 1.165) is 63.2 Å². The molecule has 0 saturated carbocycles. The van der Waals surface area contributed by atoms with Gasteiger partial charge in [-0.3, -0.25) is 4.79 Å². The molecule has 3 aromatic carbocycles. The Morgan fingerprint density at radius 2 is 1.57 bits per heavy atom. The van der Waals surface area contributed by atoms with Gasteiger partial charge in [0.25, 0.3) is 0 Å². The van der Waals surface area contributed by atoms with Crippen LogP contribution in [0.3, 0.4) is 0 Å². The number of benzene rings is 3. The summed E-state index contributed by atoms with van der Waals surface area (Å²) in [5, 5.41) is 2.69. The first-order valence-corrected chi connectivity index (χ1v) is 14.3. The lowest BCUT2D eigenvalue weighted by Crippen LogP contribution is -2.51. The van der Waals surface area contributed by atoms with Crippen molar-refractivity contribution in [2.45, 2.75) is 38.8 Å². The topological polar surface area (TPSA) is 116 Å². The van der Waals surface area contributed by atoms with Gasteiger partial charge in [0.15, 0.2) is 0 Å². The van der Waals surface area contributed by atoms with Crippen LogP contribution in [-0.2, 0) is 9.53 Å². The molecule has 2 amide bonds. The van der Waals surface area contributed by atoms with Gasteiger partial charge in [-0.15, -0.1) is 0 Å². The largest absolute Gasteiger partial charge is 0.453 e. The molecule has 3 N–H and O–H groups in total. The summed E-state index contributed by atoms with van der Waals surface area (Å²) in [5.74, 6) is 0.559. The SMILES string of the molecule is COC(=O)NC(C(=O)N1CCCC1c1ncc(-c2ccc(-c3ccc(-c4ccc5nc[nH]c5c4)cc3)cc2)[nH]1)C(C)C. The standard InChI is InChI=1S/C33H34N6O3/c1-20(2)30(38-33(41)42-3)32(40)39-16-4-5-29(39)31-34-18-28(37-31)24-12-10-22(11-13-24)21-6-8-23(9-7-21)25-14-15-26-27(17-25)36-19-35-26/h6-15,17-20,29-30H,4-5,16H2,1-3H3,(H,34,37)(H,35,36)(H,38,41). The van der Waals surface area contributed by atoms with Gasteiger partial charge in [0, 0.05) is 6.54 Å². The Hall–Kier alpha value is -4.92. The number of fused-ring (bicyclic) bond motifs is 1. The van der Waals surface area contributed by atoms with Crippen molar-refractivity contribution in [3.8, 4) is 33.5 Å². The first-order valence-electron chi connectivity index (χ1n) is 14.3. The van der Waals surface area contributed by atoms with Crippen LogP contribution in [0.2, 0.25) is 0 Å². The number of alkyl carbamates (subject to hydrolysis) is 1. The lowest BCUT2D eigenvalue weighted by molar-refractivity contribution is -0.135. The maximum absolute atomic E-state index is 13.4. The lowest BCUT2D eigenvalue weighted by atomic mass is 9.99. The summed E-state index contributed by atoms with van der Waals surface area (Å²) >= 11 is 0. The highest BCUT2D eigenvalue weighted by molar-refractivity contribution is 5.86. The highest BCUT2D eigenvalue weighted by Gasteiger charge is 2.37. The van der Waals surface area contributed by atoms with Gasteiger partial charge in [0.1, 0.15) is 11.9 Å². The Kier molecular flexibility index (Phi) is 7.48. The normalized spacial score (nSPS) is 15.7. The van der Waals surface area contributed by atoms with Crippen molar-refractivity contribution < 1.29 is 14.3 Å². The summed E-state index contributed by atoms with van der Waals surface area (Å²) in [6.45, 7) is 4.44. The average Bonchev–Trinajstić information content (AvgIpc) is 3.80. The highest BCUT2D eigenvalue weighted by atomic mass is 16.5. The number of carbonyl (C=O) groups is 2. The van der Waals surface area contributed by atoms with Gasteiger partial charge in [-0.25, -0.2) is 14.8 Å². The molecule has 3 heterocycles. The fraction of sp³-hybridized carbons (Fsp3) is 0.273. The Labute approximate surface area is 244 Å². The van der Waals surface area contributed by atoms with Crippen LogP contribution in [-0.4, -0.2) is 56.5 Å². The van der Waals surface area contributed by atoms with Crippen LogP contribution in [0.25, 0.3) is 44.5 Å². The zero-order chi connectivity index (χ0) is 29.2. The lowest BCUT2D eigenvalue weighted by Gasteiger charge is -2.30. The van der Waals surface area contributed by atoms with E-state index < -0.39 is 12.1 Å². The number of carbonyl (C=O) groups excluding carboxylic acids is 2. The van der Waals surface area contributed by atoms with Crippen molar-refractivity contribution in [2.75, 3.05) is 13.7 Å². The summed E-state index contributed by atoms with van der Waals surface area (Å²) in [4.78, 5) is 42.7. The fourth-order valence-electron chi connectivity index (χ4n) is 5.66. The minimum Gasteiger partial charge on any atom is -0.453 e. The second-order valence-electron chi connectivity index (χ2n) is 11.0. The summed E-state index contributed by atoms with van der Waals surface area (Å²) in [5.41, 5.74) is 8.46. The molecule has 1 aliphatic heterocycles. The van der Waals surface area contributed by atoms with Crippen molar-refractivity contribution >= 4 is 23.0 Å². The molecule has 0 bridgehead atoms. The molecule has 0 aliphatic carbocycles. The highest BCUT2D eigenvalue weighted by Crippen LogP contribution is 2.33. The Bertz CT molecular complexity index is 1700. The van der Waals surface area contributed by atoms with Crippen molar-refractivity contribution in [1.29, 1.82) is 0 Å². The van der Waals surface area contributed by atoms with Gasteiger partial charge >= 0.3 is 6.09 Å². The van der Waals surface area contributed by atoms with E-state index >= 15 is 0 Å². The number of ether oxygens (including phenoxy) is 1. The second kappa shape index (κ2) is 11.5. The molecule has 1 aliphatic rings. The summed E-state index contributed by atoms with van der Waals surface area (Å²) < 4.78 is 4.74. The third kappa shape index (κ3) is 5.37. The van der Waals surface area contributed by atoms with Crippen LogP contribution in [0.1, 0.15) is 38.6 Å². The van der Waals surface area contributed by atoms with Gasteiger partial charge in [-0.2, -0.15) is 0 Å². The number of aromatic nitrogens is 4. The first kappa shape index (κ1) is 27.3. The van der Waals surface area contributed by atoms with Crippen molar-refractivity contribution in [1.82, 2.24) is 30.2 Å². The predicted octanol–water partition coefficient (Wildman–Crippen LogP) is 6.33. The summed E-state index contributed by atoms with van der Waals surface area (Å²) in [6, 6.07) is 22.4. The van der Waals surface area contributed by atoms with E-state index in [4.69, 9.17) is 4.74 Å². The first-order chi connectivity index (χ1) is 20.4. The number of hydrogen-bond acceptors (Lipinski definition) is 5. The predicted molar refractivity (Wildman–Crippen MR) is 162 cm³/mol. The van der Waals surface area contributed by atoms with Crippen molar-refractivity contribution in [3.05, 3.63) is 85.1 Å². The van der Waals surface area contributed by atoms with Crippen LogP contribution in [0.4, 0.5) is 4.79 Å². The fourth-order valence-corrected chi connectivity index (χ4v) is 5.66. The molecule has 6 rings (SSSR count). The third-order valence-corrected chi connectivity index (χ3v) is 8.01. The third-order valence-electron chi connectivity index (χ3n) is 8.01. The van der Waals surface area contributed by atoms with E-state index in [-0.39, 0.29) is 17.9 Å². The molecule has 5 aromatic rings. The van der Waals surface area contributed by atoms with Gasteiger partial charge < -0.3 is 24.9 Å². The van der Waals surface area contributed by atoms with Gasteiger partial charge in [0.05, 0.1) is 42.4 Å². The molecule has 1 fully saturated rings. The molecule has 0 spiro atoms. The van der Waals surface area contributed by atoms with Crippen molar-refractivity contribution in [3.63, 3.8) is 0 Å². The number of aromatic amines is 2. The van der Waals surface area contributed by atoms with Crippen molar-refractivity contribution in [2.24, 2.45) is 5.92 Å². The smallest absolute Gasteiger partial charge is 0.407 e. The monoisotopic (exact) mass is 562 g/mol. The van der Waals surface area contributed by atoms with E-state index in [0.29, 0.717) is 6.54 Å². The van der Waals surface area contributed by atoms with Gasteiger partial charge in [0.2, 0.25) is 5.91 Å². The van der Waals surface area contributed by atoms with Crippen LogP contribution in [0.5, 0.6) is 0 Å². The minimum atomic E-state index is -0.658. The molecule has 214 valence electrons. The molecule has 2 unspecified atom stereocenters. The van der Waals surface area contributed by atoms with Crippen LogP contribution in [0, 0.1) is 5.92 Å². The van der Waals surface area contributed by atoms with E-state index in [2.05, 4.69) is 85.9 Å².